The first kappa shape index (κ1) is 14.5. The van der Waals surface area contributed by atoms with Gasteiger partial charge in [0.2, 0.25) is 0 Å². The van der Waals surface area contributed by atoms with Crippen LogP contribution in [-0.4, -0.2) is 25.9 Å². The van der Waals surface area contributed by atoms with Crippen LogP contribution >= 0.6 is 11.6 Å². The van der Waals surface area contributed by atoms with Gasteiger partial charge in [0.1, 0.15) is 5.39 Å². The van der Waals surface area contributed by atoms with Crippen molar-refractivity contribution in [2.75, 3.05) is 11.9 Å². The van der Waals surface area contributed by atoms with E-state index < -0.39 is 11.2 Å². The van der Waals surface area contributed by atoms with Gasteiger partial charge in [0.25, 0.3) is 5.56 Å². The molecule has 8 heteroatoms. The first-order valence-corrected chi connectivity index (χ1v) is 6.72. The molecule has 7 nitrogen and oxygen atoms in total. The molecular weight excluding hydrogens is 282 g/mol. The van der Waals surface area contributed by atoms with Crippen molar-refractivity contribution >= 4 is 28.3 Å². The fourth-order valence-electron chi connectivity index (χ4n) is 1.97. The zero-order valence-corrected chi connectivity index (χ0v) is 12.4. The van der Waals surface area contributed by atoms with Gasteiger partial charge in [0.05, 0.1) is 5.69 Å². The number of aromatic nitrogens is 4. The SMILES string of the molecule is CCCCNc1c(Cl)nnc2c1c(=O)n(C)c(=O)n2C. The van der Waals surface area contributed by atoms with Crippen molar-refractivity contribution in [1.29, 1.82) is 0 Å². The zero-order chi connectivity index (χ0) is 14.9. The lowest BCUT2D eigenvalue weighted by atomic mass is 10.2. The molecule has 0 aliphatic carbocycles. The Labute approximate surface area is 120 Å². The lowest BCUT2D eigenvalue weighted by Crippen LogP contribution is -2.37. The summed E-state index contributed by atoms with van der Waals surface area (Å²) in [6, 6.07) is 0. The lowest BCUT2D eigenvalue weighted by Gasteiger charge is -2.12. The van der Waals surface area contributed by atoms with Crippen LogP contribution in [-0.2, 0) is 14.1 Å². The molecule has 0 saturated heterocycles. The molecule has 0 aliphatic heterocycles. The predicted molar refractivity (Wildman–Crippen MR) is 78.4 cm³/mol. The molecule has 0 fully saturated rings. The third kappa shape index (κ3) is 2.29. The molecule has 0 atom stereocenters. The Bertz CT molecular complexity index is 765. The molecule has 0 aliphatic rings. The number of aryl methyl sites for hydroxylation is 1. The van der Waals surface area contributed by atoms with E-state index in [9.17, 15) is 9.59 Å². The minimum atomic E-state index is -0.446. The van der Waals surface area contributed by atoms with Crippen molar-refractivity contribution in [3.8, 4) is 0 Å². The van der Waals surface area contributed by atoms with Crippen LogP contribution < -0.4 is 16.6 Å². The highest BCUT2D eigenvalue weighted by molar-refractivity contribution is 6.33. The Balaban J connectivity index is 2.77. The van der Waals surface area contributed by atoms with E-state index in [0.717, 1.165) is 17.4 Å². The van der Waals surface area contributed by atoms with Gasteiger partial charge < -0.3 is 5.32 Å². The molecular formula is C12H16ClN5O2. The highest BCUT2D eigenvalue weighted by atomic mass is 35.5. The van der Waals surface area contributed by atoms with Crippen LogP contribution in [0.25, 0.3) is 11.0 Å². The second-order valence-corrected chi connectivity index (χ2v) is 4.91. The highest BCUT2D eigenvalue weighted by Gasteiger charge is 2.17. The normalized spacial score (nSPS) is 11.0. The summed E-state index contributed by atoms with van der Waals surface area (Å²) in [7, 11) is 2.97. The van der Waals surface area contributed by atoms with E-state index >= 15 is 0 Å². The van der Waals surface area contributed by atoms with Gasteiger partial charge in [-0.1, -0.05) is 24.9 Å². The summed E-state index contributed by atoms with van der Waals surface area (Å²) in [5.41, 5.74) is -0.222. The van der Waals surface area contributed by atoms with Gasteiger partial charge in [-0.25, -0.2) is 4.79 Å². The minimum absolute atomic E-state index is 0.129. The molecule has 0 spiro atoms. The Morgan fingerprint density at radius 1 is 1.20 bits per heavy atom. The van der Waals surface area contributed by atoms with Gasteiger partial charge in [0, 0.05) is 20.6 Å². The molecule has 0 saturated carbocycles. The van der Waals surface area contributed by atoms with Crippen LogP contribution in [0.2, 0.25) is 5.15 Å². The number of rotatable bonds is 4. The Morgan fingerprint density at radius 2 is 1.90 bits per heavy atom. The fraction of sp³-hybridized carbons (Fsp3) is 0.500. The number of hydrogen-bond acceptors (Lipinski definition) is 5. The molecule has 0 bridgehead atoms. The Morgan fingerprint density at radius 3 is 2.55 bits per heavy atom. The van der Waals surface area contributed by atoms with E-state index in [1.807, 2.05) is 0 Å². The molecule has 0 radical (unpaired) electrons. The molecule has 20 heavy (non-hydrogen) atoms. The van der Waals surface area contributed by atoms with Gasteiger partial charge >= 0.3 is 5.69 Å². The first-order valence-electron chi connectivity index (χ1n) is 6.34. The molecule has 108 valence electrons. The molecule has 0 amide bonds. The van der Waals surface area contributed by atoms with E-state index in [4.69, 9.17) is 11.6 Å². The minimum Gasteiger partial charge on any atom is -0.382 e. The molecule has 2 heterocycles. The van der Waals surface area contributed by atoms with E-state index in [1.54, 1.807) is 7.05 Å². The van der Waals surface area contributed by atoms with Crippen LogP contribution in [0.5, 0.6) is 0 Å². The van der Waals surface area contributed by atoms with Crippen molar-refractivity contribution in [1.82, 2.24) is 19.3 Å². The summed E-state index contributed by atoms with van der Waals surface area (Å²) in [4.78, 5) is 24.2. The van der Waals surface area contributed by atoms with E-state index in [2.05, 4.69) is 22.4 Å². The van der Waals surface area contributed by atoms with Crippen molar-refractivity contribution in [2.24, 2.45) is 14.1 Å². The molecule has 1 N–H and O–H groups in total. The topological polar surface area (TPSA) is 81.8 Å². The van der Waals surface area contributed by atoms with E-state index in [-0.39, 0.29) is 16.2 Å². The highest BCUT2D eigenvalue weighted by Crippen LogP contribution is 2.24. The maximum atomic E-state index is 12.3. The smallest absolute Gasteiger partial charge is 0.332 e. The standard InChI is InChI=1S/C12H16ClN5O2/c1-4-5-6-14-8-7-10(16-15-9(8)13)17(2)12(20)18(3)11(7)19/h4-6H2,1-3H3,(H,14,16). The number of nitrogens with one attached hydrogen (secondary N) is 1. The Kier molecular flexibility index (Phi) is 4.08. The van der Waals surface area contributed by atoms with Crippen molar-refractivity contribution in [2.45, 2.75) is 19.8 Å². The zero-order valence-electron chi connectivity index (χ0n) is 11.6. The van der Waals surface area contributed by atoms with Crippen molar-refractivity contribution in [3.05, 3.63) is 26.0 Å². The van der Waals surface area contributed by atoms with E-state index in [1.165, 1.54) is 11.6 Å². The molecule has 0 aromatic carbocycles. The van der Waals surface area contributed by atoms with Crippen molar-refractivity contribution in [3.63, 3.8) is 0 Å². The fourth-order valence-corrected chi connectivity index (χ4v) is 2.16. The second-order valence-electron chi connectivity index (χ2n) is 4.55. The average Bonchev–Trinajstić information content (AvgIpc) is 2.44. The summed E-state index contributed by atoms with van der Waals surface area (Å²) in [6.45, 7) is 2.73. The van der Waals surface area contributed by atoms with Crippen LogP contribution in [0.1, 0.15) is 19.8 Å². The lowest BCUT2D eigenvalue weighted by molar-refractivity contribution is 0.703. The van der Waals surface area contributed by atoms with Gasteiger partial charge in [-0.2, -0.15) is 0 Å². The number of fused-ring (bicyclic) bond motifs is 1. The average molecular weight is 298 g/mol. The van der Waals surface area contributed by atoms with Crippen LogP contribution in [0.4, 0.5) is 5.69 Å². The number of nitrogens with zero attached hydrogens (tertiary/aromatic N) is 4. The van der Waals surface area contributed by atoms with Crippen LogP contribution in [0.15, 0.2) is 9.59 Å². The first-order chi connectivity index (χ1) is 9.49. The Hall–Kier alpha value is -1.89. The van der Waals surface area contributed by atoms with Crippen molar-refractivity contribution < 1.29 is 0 Å². The molecule has 0 unspecified atom stereocenters. The monoisotopic (exact) mass is 297 g/mol. The summed E-state index contributed by atoms with van der Waals surface area (Å²) < 4.78 is 2.32. The van der Waals surface area contributed by atoms with E-state index in [0.29, 0.717) is 12.2 Å². The van der Waals surface area contributed by atoms with Gasteiger partial charge in [-0.3, -0.25) is 13.9 Å². The summed E-state index contributed by atoms with van der Waals surface area (Å²) in [5.74, 6) is 0. The maximum absolute atomic E-state index is 12.3. The number of unbranched alkanes of at least 4 members (excludes halogenated alkanes) is 1. The third-order valence-electron chi connectivity index (χ3n) is 3.15. The van der Waals surface area contributed by atoms with Gasteiger partial charge in [0.15, 0.2) is 10.8 Å². The summed E-state index contributed by atoms with van der Waals surface area (Å²) in [5, 5.41) is 11.2. The van der Waals surface area contributed by atoms with Gasteiger partial charge in [-0.15, -0.1) is 10.2 Å². The summed E-state index contributed by atoms with van der Waals surface area (Å²) in [6.07, 6.45) is 1.95. The molecule has 2 rings (SSSR count). The maximum Gasteiger partial charge on any atom is 0.332 e. The molecule has 2 aromatic rings. The second kappa shape index (κ2) is 5.62. The number of hydrogen-bond donors (Lipinski definition) is 1. The quantitative estimate of drug-likeness (QED) is 0.848. The number of halogens is 1. The number of anilines is 1. The van der Waals surface area contributed by atoms with Crippen LogP contribution in [0, 0.1) is 0 Å². The largest absolute Gasteiger partial charge is 0.382 e. The summed E-state index contributed by atoms with van der Waals surface area (Å²) >= 11 is 6.03. The predicted octanol–water partition coefficient (Wildman–Crippen LogP) is 0.893. The third-order valence-corrected chi connectivity index (χ3v) is 3.42. The van der Waals surface area contributed by atoms with Gasteiger partial charge in [-0.05, 0) is 6.42 Å². The molecule has 2 aromatic heterocycles. The van der Waals surface area contributed by atoms with Crippen LogP contribution in [0.3, 0.4) is 0 Å².